The van der Waals surface area contributed by atoms with Crippen LogP contribution < -0.4 is 14.5 Å². The summed E-state index contributed by atoms with van der Waals surface area (Å²) in [6, 6.07) is 10.8. The Labute approximate surface area is 174 Å². The Morgan fingerprint density at radius 1 is 1.27 bits per heavy atom. The number of anilines is 1. The number of aryl methyl sites for hydroxylation is 1. The fraction of sp³-hybridized carbons (Fsp3) is 0.263. The third-order valence-electron chi connectivity index (χ3n) is 4.11. The first-order chi connectivity index (χ1) is 14.0. The van der Waals surface area contributed by atoms with Gasteiger partial charge in [0.2, 0.25) is 10.0 Å². The lowest BCUT2D eigenvalue weighted by atomic mass is 10.1. The highest BCUT2D eigenvalue weighted by Crippen LogP contribution is 2.30. The summed E-state index contributed by atoms with van der Waals surface area (Å²) >= 11 is 0. The van der Waals surface area contributed by atoms with Crippen LogP contribution in [0.25, 0.3) is 0 Å². The average molecular weight is 434 g/mol. The number of amides is 1. The maximum Gasteiger partial charge on any atom is 0.270 e. The number of carbonyl (C=O) groups is 1. The van der Waals surface area contributed by atoms with E-state index in [-0.39, 0.29) is 11.4 Å². The number of hydrazone groups is 1. The SMILES string of the molecule is COc1ccc(C)cc1N(CC(=O)N/N=C(/C)c1cccc([N+](=O)[O-])c1)S(C)(=O)=O. The van der Waals surface area contributed by atoms with Gasteiger partial charge in [-0.15, -0.1) is 0 Å². The first-order valence-electron chi connectivity index (χ1n) is 8.73. The molecule has 0 saturated carbocycles. The van der Waals surface area contributed by atoms with Crippen molar-refractivity contribution in [3.8, 4) is 5.75 Å². The van der Waals surface area contributed by atoms with Gasteiger partial charge in [-0.3, -0.25) is 19.2 Å². The second kappa shape index (κ2) is 9.35. The molecular formula is C19H22N4O6S. The maximum atomic E-state index is 12.4. The van der Waals surface area contributed by atoms with Crippen molar-refractivity contribution in [3.05, 3.63) is 63.7 Å². The molecule has 160 valence electrons. The molecule has 0 radical (unpaired) electrons. The van der Waals surface area contributed by atoms with E-state index in [1.54, 1.807) is 38.1 Å². The van der Waals surface area contributed by atoms with Crippen LogP contribution in [0.1, 0.15) is 18.1 Å². The van der Waals surface area contributed by atoms with Crippen LogP contribution >= 0.6 is 0 Å². The summed E-state index contributed by atoms with van der Waals surface area (Å²) in [4.78, 5) is 22.8. The van der Waals surface area contributed by atoms with Crippen molar-refractivity contribution in [2.24, 2.45) is 5.10 Å². The molecule has 2 aromatic carbocycles. The Morgan fingerprint density at radius 2 is 1.97 bits per heavy atom. The number of rotatable bonds is 8. The lowest BCUT2D eigenvalue weighted by Crippen LogP contribution is -2.39. The predicted molar refractivity (Wildman–Crippen MR) is 113 cm³/mol. The number of nitrogens with one attached hydrogen (secondary N) is 1. The Bertz CT molecular complexity index is 1100. The topological polar surface area (TPSA) is 131 Å². The number of hydrogen-bond acceptors (Lipinski definition) is 7. The standard InChI is InChI=1S/C19H22N4O6S/c1-13-8-9-18(29-3)17(10-13)22(30(4,27)28)12-19(24)21-20-14(2)15-6-5-7-16(11-15)23(25)26/h5-11H,12H2,1-4H3,(H,21,24)/b20-14-. The number of nitro groups is 1. The fourth-order valence-electron chi connectivity index (χ4n) is 2.60. The van der Waals surface area contributed by atoms with E-state index < -0.39 is 27.4 Å². The van der Waals surface area contributed by atoms with Crippen molar-refractivity contribution in [3.63, 3.8) is 0 Å². The van der Waals surface area contributed by atoms with Crippen LogP contribution in [0.2, 0.25) is 0 Å². The van der Waals surface area contributed by atoms with Crippen LogP contribution in [0.15, 0.2) is 47.6 Å². The second-order valence-corrected chi connectivity index (χ2v) is 8.39. The Morgan fingerprint density at radius 3 is 2.57 bits per heavy atom. The van der Waals surface area contributed by atoms with Gasteiger partial charge < -0.3 is 4.74 Å². The minimum absolute atomic E-state index is 0.108. The van der Waals surface area contributed by atoms with Gasteiger partial charge in [0, 0.05) is 17.7 Å². The molecule has 1 amide bonds. The molecule has 0 aliphatic carbocycles. The highest BCUT2D eigenvalue weighted by Gasteiger charge is 2.24. The van der Waals surface area contributed by atoms with Gasteiger partial charge in [-0.2, -0.15) is 5.10 Å². The molecule has 30 heavy (non-hydrogen) atoms. The quantitative estimate of drug-likeness (QED) is 0.385. The van der Waals surface area contributed by atoms with Gasteiger partial charge in [-0.1, -0.05) is 18.2 Å². The Hall–Kier alpha value is -3.47. The number of carbonyl (C=O) groups excluding carboxylic acids is 1. The molecule has 2 aromatic rings. The zero-order valence-electron chi connectivity index (χ0n) is 16.9. The van der Waals surface area contributed by atoms with E-state index in [1.807, 2.05) is 0 Å². The molecule has 0 spiro atoms. The lowest BCUT2D eigenvalue weighted by molar-refractivity contribution is -0.384. The Kier molecular flexibility index (Phi) is 7.11. The van der Waals surface area contributed by atoms with Gasteiger partial charge in [-0.25, -0.2) is 13.8 Å². The summed E-state index contributed by atoms with van der Waals surface area (Å²) in [6.07, 6.45) is 0.986. The van der Waals surface area contributed by atoms with Crippen molar-refractivity contribution in [1.82, 2.24) is 5.43 Å². The molecular weight excluding hydrogens is 412 g/mol. The molecule has 10 nitrogen and oxygen atoms in total. The summed E-state index contributed by atoms with van der Waals surface area (Å²) in [5.74, 6) is -0.385. The molecule has 2 rings (SSSR count). The number of nitro benzene ring substituents is 1. The van der Waals surface area contributed by atoms with Crippen LogP contribution in [0.4, 0.5) is 11.4 Å². The van der Waals surface area contributed by atoms with Crippen LogP contribution in [0.3, 0.4) is 0 Å². The molecule has 0 unspecified atom stereocenters. The zero-order chi connectivity index (χ0) is 22.5. The highest BCUT2D eigenvalue weighted by atomic mass is 32.2. The lowest BCUT2D eigenvalue weighted by Gasteiger charge is -2.23. The molecule has 0 aliphatic heterocycles. The van der Waals surface area contributed by atoms with Gasteiger partial charge in [0.15, 0.2) is 0 Å². The smallest absolute Gasteiger partial charge is 0.270 e. The third-order valence-corrected chi connectivity index (χ3v) is 5.24. The molecule has 11 heteroatoms. The van der Waals surface area contributed by atoms with Crippen molar-refractivity contribution in [2.75, 3.05) is 24.2 Å². The highest BCUT2D eigenvalue weighted by molar-refractivity contribution is 7.92. The van der Waals surface area contributed by atoms with Crippen molar-refractivity contribution in [2.45, 2.75) is 13.8 Å². The van der Waals surface area contributed by atoms with E-state index >= 15 is 0 Å². The normalized spacial score (nSPS) is 11.7. The largest absolute Gasteiger partial charge is 0.495 e. The van der Waals surface area contributed by atoms with Gasteiger partial charge in [0.25, 0.3) is 11.6 Å². The number of ether oxygens (including phenoxy) is 1. The van der Waals surface area contributed by atoms with E-state index in [0.29, 0.717) is 17.0 Å². The molecule has 0 aliphatic rings. The minimum atomic E-state index is -3.80. The molecule has 0 atom stereocenters. The number of sulfonamides is 1. The van der Waals surface area contributed by atoms with Crippen LogP contribution in [0.5, 0.6) is 5.75 Å². The van der Waals surface area contributed by atoms with Gasteiger partial charge >= 0.3 is 0 Å². The van der Waals surface area contributed by atoms with Crippen LogP contribution in [0, 0.1) is 17.0 Å². The predicted octanol–water partition coefficient (Wildman–Crippen LogP) is 2.22. The molecule has 1 N–H and O–H groups in total. The molecule has 0 saturated heterocycles. The van der Waals surface area contributed by atoms with Gasteiger partial charge in [0.05, 0.1) is 29.7 Å². The summed E-state index contributed by atoms with van der Waals surface area (Å²) in [5, 5.41) is 14.8. The molecule has 0 aromatic heterocycles. The van der Waals surface area contributed by atoms with Crippen molar-refractivity contribution in [1.29, 1.82) is 0 Å². The minimum Gasteiger partial charge on any atom is -0.495 e. The molecule has 0 heterocycles. The average Bonchev–Trinajstić information content (AvgIpc) is 2.69. The van der Waals surface area contributed by atoms with Crippen LogP contribution in [-0.2, 0) is 14.8 Å². The number of hydrogen-bond donors (Lipinski definition) is 1. The third kappa shape index (κ3) is 5.77. The van der Waals surface area contributed by atoms with E-state index in [1.165, 1.54) is 25.3 Å². The van der Waals surface area contributed by atoms with Crippen molar-refractivity contribution >= 4 is 33.0 Å². The number of non-ortho nitro benzene ring substituents is 1. The van der Waals surface area contributed by atoms with Crippen molar-refractivity contribution < 1.29 is 22.9 Å². The van der Waals surface area contributed by atoms with E-state index in [0.717, 1.165) is 16.1 Å². The summed E-state index contributed by atoms with van der Waals surface area (Å²) in [5.41, 5.74) is 3.97. The van der Waals surface area contributed by atoms with Gasteiger partial charge in [-0.05, 0) is 31.5 Å². The number of benzene rings is 2. The second-order valence-electron chi connectivity index (χ2n) is 6.48. The summed E-state index contributed by atoms with van der Waals surface area (Å²) in [6.45, 7) is 2.83. The maximum absolute atomic E-state index is 12.4. The van der Waals surface area contributed by atoms with E-state index in [2.05, 4.69) is 10.5 Å². The number of methoxy groups -OCH3 is 1. The first kappa shape index (κ1) is 22.8. The van der Waals surface area contributed by atoms with E-state index in [9.17, 15) is 23.3 Å². The first-order valence-corrected chi connectivity index (χ1v) is 10.6. The fourth-order valence-corrected chi connectivity index (χ4v) is 3.45. The monoisotopic (exact) mass is 434 g/mol. The number of nitrogens with zero attached hydrogens (tertiary/aromatic N) is 3. The molecule has 0 bridgehead atoms. The van der Waals surface area contributed by atoms with E-state index in [4.69, 9.17) is 4.74 Å². The summed E-state index contributed by atoms with van der Waals surface area (Å²) < 4.78 is 30.7. The Balaban J connectivity index is 2.24. The zero-order valence-corrected chi connectivity index (χ0v) is 17.8. The molecule has 0 fully saturated rings. The van der Waals surface area contributed by atoms with Crippen LogP contribution in [-0.4, -0.2) is 44.9 Å². The summed E-state index contributed by atoms with van der Waals surface area (Å²) in [7, 11) is -2.40. The van der Waals surface area contributed by atoms with Gasteiger partial charge in [0.1, 0.15) is 12.3 Å².